The van der Waals surface area contributed by atoms with E-state index in [4.69, 9.17) is 31.5 Å². The van der Waals surface area contributed by atoms with E-state index >= 15 is 0 Å². The Hall–Kier alpha value is -1.91. The Morgan fingerprint density at radius 1 is 1.00 bits per heavy atom. The maximum Gasteiger partial charge on any atom is 0.125 e. The minimum Gasteiger partial charge on any atom is -0.497 e. The average Bonchev–Trinajstić information content (AvgIpc) is 2.52. The molecule has 0 bridgehead atoms. The number of methoxy groups -OCH3 is 2. The van der Waals surface area contributed by atoms with Crippen LogP contribution >= 0.6 is 11.6 Å². The highest BCUT2D eigenvalue weighted by molar-refractivity contribution is 6.30. The Morgan fingerprint density at radius 2 is 1.76 bits per heavy atom. The zero-order valence-corrected chi connectivity index (χ0v) is 12.8. The molecule has 0 aliphatic heterocycles. The van der Waals surface area contributed by atoms with E-state index in [0.717, 1.165) is 16.9 Å². The maximum absolute atomic E-state index is 6.00. The zero-order chi connectivity index (χ0) is 15.2. The third kappa shape index (κ3) is 4.03. The predicted octanol–water partition coefficient (Wildman–Crippen LogP) is 3.39. The maximum atomic E-state index is 6.00. The lowest BCUT2D eigenvalue weighted by molar-refractivity contribution is 0.294. The minimum absolute atomic E-state index is 0.348. The van der Waals surface area contributed by atoms with Gasteiger partial charge in [0.1, 0.15) is 23.9 Å². The summed E-state index contributed by atoms with van der Waals surface area (Å²) in [5.41, 5.74) is 7.49. The molecule has 2 aromatic carbocycles. The Balaban J connectivity index is 2.18. The first-order valence-electron chi connectivity index (χ1n) is 6.49. The molecular weight excluding hydrogens is 290 g/mol. The second-order valence-corrected chi connectivity index (χ2v) is 4.90. The van der Waals surface area contributed by atoms with Gasteiger partial charge in [-0.25, -0.2) is 0 Å². The largest absolute Gasteiger partial charge is 0.497 e. The fraction of sp³-hybridized carbons (Fsp3) is 0.250. The molecular formula is C16H18ClNO3. The van der Waals surface area contributed by atoms with E-state index in [2.05, 4.69) is 0 Å². The number of hydrogen-bond donors (Lipinski definition) is 1. The summed E-state index contributed by atoms with van der Waals surface area (Å²) in [5.74, 6) is 2.14. The Labute approximate surface area is 129 Å². The van der Waals surface area contributed by atoms with Gasteiger partial charge in [0.25, 0.3) is 0 Å². The molecule has 0 radical (unpaired) electrons. The number of halogens is 1. The minimum atomic E-state index is 0.348. The molecule has 0 aliphatic rings. The molecule has 0 unspecified atom stereocenters. The molecule has 0 amide bonds. The molecule has 21 heavy (non-hydrogen) atoms. The van der Waals surface area contributed by atoms with Crippen LogP contribution < -0.4 is 19.9 Å². The second kappa shape index (κ2) is 7.20. The highest BCUT2D eigenvalue weighted by Gasteiger charge is 2.07. The summed E-state index contributed by atoms with van der Waals surface area (Å²) in [6, 6.07) is 11.0. The molecule has 2 aromatic rings. The molecule has 0 saturated carbocycles. The zero-order valence-electron chi connectivity index (χ0n) is 12.1. The highest BCUT2D eigenvalue weighted by atomic mass is 35.5. The number of nitrogens with two attached hydrogens (primary N) is 1. The van der Waals surface area contributed by atoms with Gasteiger partial charge in [-0.05, 0) is 35.9 Å². The first kappa shape index (κ1) is 15.5. The third-order valence-corrected chi connectivity index (χ3v) is 3.28. The lowest BCUT2D eigenvalue weighted by Gasteiger charge is -2.12. The van der Waals surface area contributed by atoms with Crippen molar-refractivity contribution in [2.75, 3.05) is 14.2 Å². The summed E-state index contributed by atoms with van der Waals surface area (Å²) in [6.45, 7) is 0.773. The van der Waals surface area contributed by atoms with Gasteiger partial charge in [0.05, 0.1) is 14.2 Å². The van der Waals surface area contributed by atoms with Crippen molar-refractivity contribution in [3.63, 3.8) is 0 Å². The van der Waals surface area contributed by atoms with Crippen molar-refractivity contribution in [3.8, 4) is 17.2 Å². The molecule has 0 heterocycles. The van der Waals surface area contributed by atoms with Crippen LogP contribution in [0.5, 0.6) is 17.2 Å². The molecule has 2 N–H and O–H groups in total. The lowest BCUT2D eigenvalue weighted by Crippen LogP contribution is -2.01. The molecule has 2 rings (SSSR count). The Morgan fingerprint density at radius 3 is 2.43 bits per heavy atom. The Kier molecular flexibility index (Phi) is 5.31. The van der Waals surface area contributed by atoms with Gasteiger partial charge < -0.3 is 19.9 Å². The number of hydrogen-bond acceptors (Lipinski definition) is 4. The van der Waals surface area contributed by atoms with Crippen LogP contribution in [0.25, 0.3) is 0 Å². The predicted molar refractivity (Wildman–Crippen MR) is 83.2 cm³/mol. The van der Waals surface area contributed by atoms with Gasteiger partial charge in [-0.2, -0.15) is 0 Å². The summed E-state index contributed by atoms with van der Waals surface area (Å²) in [4.78, 5) is 0. The first-order chi connectivity index (χ1) is 10.2. The fourth-order valence-corrected chi connectivity index (χ4v) is 2.17. The topological polar surface area (TPSA) is 53.7 Å². The van der Waals surface area contributed by atoms with Crippen molar-refractivity contribution >= 4 is 11.6 Å². The van der Waals surface area contributed by atoms with Crippen molar-refractivity contribution in [1.82, 2.24) is 0 Å². The summed E-state index contributed by atoms with van der Waals surface area (Å²) in [7, 11) is 3.23. The third-order valence-electron chi connectivity index (χ3n) is 3.05. The van der Waals surface area contributed by atoms with E-state index in [1.54, 1.807) is 20.3 Å². The molecule has 5 heteroatoms. The van der Waals surface area contributed by atoms with Gasteiger partial charge in [0.15, 0.2) is 0 Å². The van der Waals surface area contributed by atoms with Crippen LogP contribution in [0.15, 0.2) is 36.4 Å². The van der Waals surface area contributed by atoms with E-state index in [1.165, 1.54) is 0 Å². The Bertz CT molecular complexity index is 594. The van der Waals surface area contributed by atoms with Crippen LogP contribution in [0.1, 0.15) is 11.1 Å². The van der Waals surface area contributed by atoms with Gasteiger partial charge >= 0.3 is 0 Å². The van der Waals surface area contributed by atoms with E-state index in [9.17, 15) is 0 Å². The van der Waals surface area contributed by atoms with E-state index in [0.29, 0.717) is 29.7 Å². The van der Waals surface area contributed by atoms with Crippen molar-refractivity contribution < 1.29 is 14.2 Å². The molecule has 0 spiro atoms. The average molecular weight is 308 g/mol. The fourth-order valence-electron chi connectivity index (χ4n) is 1.97. The standard InChI is InChI=1S/C16H18ClNO3/c1-19-14-5-11(9-18)6-15(8-14)21-10-12-7-13(17)3-4-16(12)20-2/h3-8H,9-10,18H2,1-2H3. The number of rotatable bonds is 6. The summed E-state index contributed by atoms with van der Waals surface area (Å²) in [6.07, 6.45) is 0. The van der Waals surface area contributed by atoms with Crippen LogP contribution in [0, 0.1) is 0 Å². The van der Waals surface area contributed by atoms with Crippen LogP contribution in [0.3, 0.4) is 0 Å². The monoisotopic (exact) mass is 307 g/mol. The molecule has 0 saturated heterocycles. The van der Waals surface area contributed by atoms with Crippen LogP contribution in [-0.2, 0) is 13.2 Å². The van der Waals surface area contributed by atoms with Crippen LogP contribution in [-0.4, -0.2) is 14.2 Å². The summed E-state index contributed by atoms with van der Waals surface area (Å²) >= 11 is 6.00. The van der Waals surface area contributed by atoms with Crippen molar-refractivity contribution in [1.29, 1.82) is 0 Å². The molecule has 4 nitrogen and oxygen atoms in total. The smallest absolute Gasteiger partial charge is 0.125 e. The van der Waals surface area contributed by atoms with Gasteiger partial charge in [-0.3, -0.25) is 0 Å². The summed E-state index contributed by atoms with van der Waals surface area (Å²) in [5, 5.41) is 0.641. The molecule has 0 aromatic heterocycles. The van der Waals surface area contributed by atoms with Crippen molar-refractivity contribution in [2.45, 2.75) is 13.2 Å². The van der Waals surface area contributed by atoms with Crippen molar-refractivity contribution in [3.05, 3.63) is 52.5 Å². The van der Waals surface area contributed by atoms with Crippen molar-refractivity contribution in [2.24, 2.45) is 5.73 Å². The lowest BCUT2D eigenvalue weighted by atomic mass is 10.2. The first-order valence-corrected chi connectivity index (χ1v) is 6.87. The van der Waals surface area contributed by atoms with Crippen LogP contribution in [0.4, 0.5) is 0 Å². The van der Waals surface area contributed by atoms with E-state index in [1.807, 2.05) is 30.3 Å². The molecule has 0 fully saturated rings. The highest BCUT2D eigenvalue weighted by Crippen LogP contribution is 2.27. The van der Waals surface area contributed by atoms with E-state index in [-0.39, 0.29) is 0 Å². The second-order valence-electron chi connectivity index (χ2n) is 4.47. The molecule has 0 aliphatic carbocycles. The molecule has 112 valence electrons. The van der Waals surface area contributed by atoms with Gasteiger partial charge in [0.2, 0.25) is 0 Å². The number of ether oxygens (including phenoxy) is 3. The van der Waals surface area contributed by atoms with Gasteiger partial charge in [-0.15, -0.1) is 0 Å². The summed E-state index contributed by atoms with van der Waals surface area (Å²) < 4.78 is 16.3. The van der Waals surface area contributed by atoms with Gasteiger partial charge in [-0.1, -0.05) is 11.6 Å². The molecule has 0 atom stereocenters. The van der Waals surface area contributed by atoms with Crippen LogP contribution in [0.2, 0.25) is 5.02 Å². The number of benzene rings is 2. The van der Waals surface area contributed by atoms with Gasteiger partial charge in [0, 0.05) is 23.2 Å². The van der Waals surface area contributed by atoms with E-state index < -0.39 is 0 Å². The normalized spacial score (nSPS) is 10.3. The SMILES string of the molecule is COc1cc(CN)cc(OCc2cc(Cl)ccc2OC)c1. The quantitative estimate of drug-likeness (QED) is 0.888.